The summed E-state index contributed by atoms with van der Waals surface area (Å²) in [6.45, 7) is 1.18. The molecule has 0 fully saturated rings. The van der Waals surface area contributed by atoms with Gasteiger partial charge in [0.05, 0.1) is 0 Å². The standard InChI is InChI=1S/C3H5NO4S/c1-2(3(5)6)4-9(7)8/h2H,1H3,(H,5,6)/t2-/m1/s1. The Morgan fingerprint density at radius 3 is 2.22 bits per heavy atom. The van der Waals surface area contributed by atoms with Crippen molar-refractivity contribution in [1.29, 1.82) is 0 Å². The van der Waals surface area contributed by atoms with E-state index in [0.717, 1.165) is 0 Å². The molecule has 0 unspecified atom stereocenters. The van der Waals surface area contributed by atoms with Crippen molar-refractivity contribution in [3.05, 3.63) is 0 Å². The van der Waals surface area contributed by atoms with E-state index in [9.17, 15) is 13.2 Å². The third-order valence-electron chi connectivity index (χ3n) is 0.602. The number of rotatable bonds is 2. The summed E-state index contributed by atoms with van der Waals surface area (Å²) in [6, 6.07) is -1.18. The van der Waals surface area contributed by atoms with Crippen LogP contribution in [0.5, 0.6) is 0 Å². The quantitative estimate of drug-likeness (QED) is 0.577. The number of aliphatic carboxylic acids is 1. The van der Waals surface area contributed by atoms with E-state index in [1.807, 2.05) is 0 Å². The van der Waals surface area contributed by atoms with Crippen molar-refractivity contribution in [2.45, 2.75) is 13.0 Å². The van der Waals surface area contributed by atoms with Crippen LogP contribution in [-0.4, -0.2) is 25.5 Å². The first-order chi connectivity index (χ1) is 4.04. The van der Waals surface area contributed by atoms with Gasteiger partial charge in [-0.05, 0) is 6.92 Å². The van der Waals surface area contributed by atoms with Gasteiger partial charge in [-0.15, -0.1) is 0 Å². The monoisotopic (exact) mass is 151 g/mol. The van der Waals surface area contributed by atoms with Gasteiger partial charge >= 0.3 is 16.5 Å². The minimum Gasteiger partial charge on any atom is -0.480 e. The summed E-state index contributed by atoms with van der Waals surface area (Å²) in [6.07, 6.45) is 0. The molecule has 0 aliphatic rings. The van der Waals surface area contributed by atoms with Gasteiger partial charge in [-0.25, -0.2) is 4.79 Å². The smallest absolute Gasteiger partial charge is 0.329 e. The van der Waals surface area contributed by atoms with E-state index >= 15 is 0 Å². The zero-order valence-electron chi connectivity index (χ0n) is 4.60. The van der Waals surface area contributed by atoms with Crippen molar-refractivity contribution in [3.63, 3.8) is 0 Å². The number of carboxylic acid groups (broad SMARTS) is 1. The van der Waals surface area contributed by atoms with Crippen molar-refractivity contribution in [2.24, 2.45) is 4.36 Å². The summed E-state index contributed by atoms with van der Waals surface area (Å²) in [5, 5.41) is 8.06. The lowest BCUT2D eigenvalue weighted by molar-refractivity contribution is -0.137. The first-order valence-electron chi connectivity index (χ1n) is 2.07. The zero-order chi connectivity index (χ0) is 7.44. The SMILES string of the molecule is C[C@@H](N=S(=O)=O)C(=O)O. The molecular formula is C3H5NO4S. The number of carbonyl (C=O) groups is 1. The Hall–Kier alpha value is -0.910. The van der Waals surface area contributed by atoms with Gasteiger partial charge in [0.1, 0.15) is 0 Å². The summed E-state index contributed by atoms with van der Waals surface area (Å²) < 4.78 is 22.2. The lowest BCUT2D eigenvalue weighted by Crippen LogP contribution is -2.12. The van der Waals surface area contributed by atoms with E-state index in [1.54, 1.807) is 0 Å². The van der Waals surface area contributed by atoms with Crippen LogP contribution in [0, 0.1) is 0 Å². The molecule has 0 saturated carbocycles. The predicted molar refractivity (Wildman–Crippen MR) is 28.4 cm³/mol. The molecular weight excluding hydrogens is 146 g/mol. The maximum atomic E-state index is 9.87. The minimum atomic E-state index is -2.62. The van der Waals surface area contributed by atoms with Crippen molar-refractivity contribution in [2.75, 3.05) is 0 Å². The molecule has 0 radical (unpaired) electrons. The summed E-state index contributed by atoms with van der Waals surface area (Å²) in [4.78, 5) is 9.87. The highest BCUT2D eigenvalue weighted by atomic mass is 32.2. The van der Waals surface area contributed by atoms with E-state index < -0.39 is 22.5 Å². The molecule has 0 amide bonds. The van der Waals surface area contributed by atoms with Gasteiger partial charge in [0.15, 0.2) is 6.04 Å². The normalized spacial score (nSPS) is 12.1. The van der Waals surface area contributed by atoms with Crippen LogP contribution in [0.3, 0.4) is 0 Å². The van der Waals surface area contributed by atoms with Gasteiger partial charge in [0.25, 0.3) is 0 Å². The van der Waals surface area contributed by atoms with E-state index in [1.165, 1.54) is 6.92 Å². The molecule has 5 nitrogen and oxygen atoms in total. The molecule has 0 saturated heterocycles. The van der Waals surface area contributed by atoms with Gasteiger partial charge in [0.2, 0.25) is 0 Å². The fourth-order valence-corrected chi connectivity index (χ4v) is 0.523. The predicted octanol–water partition coefficient (Wildman–Crippen LogP) is -0.478. The molecule has 1 N–H and O–H groups in total. The van der Waals surface area contributed by atoms with Gasteiger partial charge in [-0.1, -0.05) is 0 Å². The zero-order valence-corrected chi connectivity index (χ0v) is 5.42. The second-order valence-electron chi connectivity index (χ2n) is 1.34. The molecule has 52 valence electrons. The van der Waals surface area contributed by atoms with E-state index in [4.69, 9.17) is 5.11 Å². The van der Waals surface area contributed by atoms with E-state index in [-0.39, 0.29) is 0 Å². The molecule has 9 heavy (non-hydrogen) atoms. The molecule has 0 aliphatic carbocycles. The lowest BCUT2D eigenvalue weighted by Gasteiger charge is -1.89. The second kappa shape index (κ2) is 3.18. The van der Waals surface area contributed by atoms with Crippen molar-refractivity contribution >= 4 is 16.5 Å². The summed E-state index contributed by atoms with van der Waals surface area (Å²) >= 11 is 0. The molecule has 0 bridgehead atoms. The highest BCUT2D eigenvalue weighted by Gasteiger charge is 2.07. The summed E-state index contributed by atoms with van der Waals surface area (Å²) in [5.41, 5.74) is 0. The molecule has 0 aromatic heterocycles. The summed E-state index contributed by atoms with van der Waals surface area (Å²) in [7, 11) is -2.62. The molecule has 0 aliphatic heterocycles. The third-order valence-corrected chi connectivity index (χ3v) is 1.09. The average molecular weight is 151 g/mol. The Bertz CT molecular complexity index is 220. The Morgan fingerprint density at radius 1 is 1.67 bits per heavy atom. The van der Waals surface area contributed by atoms with E-state index in [0.29, 0.717) is 0 Å². The molecule has 0 spiro atoms. The van der Waals surface area contributed by atoms with Crippen LogP contribution >= 0.6 is 0 Å². The molecule has 0 aromatic carbocycles. The Kier molecular flexibility index (Phi) is 2.86. The van der Waals surface area contributed by atoms with Crippen LogP contribution in [0.1, 0.15) is 6.92 Å². The van der Waals surface area contributed by atoms with Crippen LogP contribution in [0.4, 0.5) is 0 Å². The van der Waals surface area contributed by atoms with Crippen LogP contribution in [-0.2, 0) is 15.3 Å². The largest absolute Gasteiger partial charge is 0.480 e. The third kappa shape index (κ3) is 3.65. The van der Waals surface area contributed by atoms with Crippen molar-refractivity contribution < 1.29 is 18.3 Å². The minimum absolute atomic E-state index is 1.18. The maximum Gasteiger partial charge on any atom is 0.329 e. The van der Waals surface area contributed by atoms with Gasteiger partial charge in [-0.2, -0.15) is 12.8 Å². The molecule has 0 aromatic rings. The first-order valence-corrected chi connectivity index (χ1v) is 3.10. The molecule has 1 atom stereocenters. The van der Waals surface area contributed by atoms with Gasteiger partial charge in [0, 0.05) is 0 Å². The first kappa shape index (κ1) is 8.09. The fourth-order valence-electron chi connectivity index (χ4n) is 0.174. The second-order valence-corrected chi connectivity index (χ2v) is 1.98. The van der Waals surface area contributed by atoms with Gasteiger partial charge < -0.3 is 5.11 Å². The number of nitrogens with zero attached hydrogens (tertiary/aromatic N) is 1. The number of carboxylic acids is 1. The Morgan fingerprint density at radius 2 is 2.11 bits per heavy atom. The highest BCUT2D eigenvalue weighted by Crippen LogP contribution is 1.86. The molecule has 0 rings (SSSR count). The van der Waals surface area contributed by atoms with Crippen LogP contribution in [0.15, 0.2) is 4.36 Å². The van der Waals surface area contributed by atoms with E-state index in [2.05, 4.69) is 4.36 Å². The summed E-state index contributed by atoms with van der Waals surface area (Å²) in [5.74, 6) is -1.25. The molecule has 0 heterocycles. The highest BCUT2D eigenvalue weighted by molar-refractivity contribution is 7.61. The van der Waals surface area contributed by atoms with Crippen molar-refractivity contribution in [1.82, 2.24) is 0 Å². The average Bonchev–Trinajstić information content (AvgIpc) is 1.63. The van der Waals surface area contributed by atoms with Crippen LogP contribution in [0.25, 0.3) is 0 Å². The molecule has 6 heteroatoms. The number of hydrogen-bond donors (Lipinski definition) is 1. The topological polar surface area (TPSA) is 83.8 Å². The van der Waals surface area contributed by atoms with Gasteiger partial charge in [-0.3, -0.25) is 0 Å². The fraction of sp³-hybridized carbons (Fsp3) is 0.667. The lowest BCUT2D eigenvalue weighted by atomic mass is 10.4. The number of hydrogen-bond acceptors (Lipinski definition) is 4. The van der Waals surface area contributed by atoms with Crippen LogP contribution < -0.4 is 0 Å². The Labute approximate surface area is 53.0 Å². The van der Waals surface area contributed by atoms with Crippen molar-refractivity contribution in [3.8, 4) is 0 Å². The Balaban J connectivity index is 4.26. The maximum absolute atomic E-state index is 9.87. The van der Waals surface area contributed by atoms with Crippen LogP contribution in [0.2, 0.25) is 0 Å².